The monoisotopic (exact) mass is 756 g/mol. The lowest BCUT2D eigenvalue weighted by molar-refractivity contribution is 0.711. The molecule has 1 unspecified atom stereocenters. The summed E-state index contributed by atoms with van der Waals surface area (Å²) in [6.45, 7) is 0. The Balaban J connectivity index is 1.02. The molecule has 0 spiro atoms. The molecule has 0 fully saturated rings. The molecule has 240 valence electrons. The van der Waals surface area contributed by atoms with Crippen molar-refractivity contribution in [3.8, 4) is 0 Å². The van der Waals surface area contributed by atoms with Gasteiger partial charge in [-0.2, -0.15) is 0 Å². The number of rotatable bonds is 6. The number of anilines is 1. The van der Waals surface area contributed by atoms with Gasteiger partial charge in [0.25, 0.3) is 0 Å². The van der Waals surface area contributed by atoms with Crippen LogP contribution in [0.25, 0.3) is 48.9 Å². The van der Waals surface area contributed by atoms with Gasteiger partial charge in [0.15, 0.2) is 0 Å². The zero-order valence-corrected chi connectivity index (χ0v) is 29.5. The number of para-hydroxylation sites is 2. The first-order chi connectivity index (χ1) is 24.7. The quantitative estimate of drug-likeness (QED) is 0.0796. The Hall–Kier alpha value is -5.40. The predicted octanol–water partition coefficient (Wildman–Crippen LogP) is 12.3. The van der Waals surface area contributed by atoms with E-state index in [2.05, 4.69) is 142 Å². The maximum atomic E-state index is 5.37. The topological polar surface area (TPSA) is 50.2 Å². The van der Waals surface area contributed by atoms with Gasteiger partial charge in [-0.1, -0.05) is 121 Å². The fourth-order valence-electron chi connectivity index (χ4n) is 7.40. The highest BCUT2D eigenvalue weighted by Crippen LogP contribution is 2.42. The summed E-state index contributed by atoms with van der Waals surface area (Å²) in [6.07, 6.45) is 16.4. The fraction of sp³-hybridized carbons (Fsp3) is 0.0889. The maximum absolute atomic E-state index is 5.37. The molecule has 1 N–H and O–H groups in total. The van der Waals surface area contributed by atoms with Crippen LogP contribution in [0.3, 0.4) is 0 Å². The first-order valence-electron chi connectivity index (χ1n) is 17.1. The number of aromatic nitrogens is 2. The summed E-state index contributed by atoms with van der Waals surface area (Å²) >= 11 is 2.26. The fourth-order valence-corrected chi connectivity index (χ4v) is 7.98. The lowest BCUT2D eigenvalue weighted by Gasteiger charge is -2.24. The molecule has 9 rings (SSSR count). The lowest BCUT2D eigenvalue weighted by atomic mass is 9.82. The van der Waals surface area contributed by atoms with E-state index in [9.17, 15) is 0 Å². The van der Waals surface area contributed by atoms with Gasteiger partial charge in [-0.25, -0.2) is 9.98 Å². The van der Waals surface area contributed by atoms with Gasteiger partial charge in [-0.3, -0.25) is 4.98 Å². The van der Waals surface area contributed by atoms with Crippen LogP contribution in [0, 0.1) is 5.92 Å². The van der Waals surface area contributed by atoms with Crippen LogP contribution in [0.15, 0.2) is 168 Å². The first kappa shape index (κ1) is 30.6. The first-order valence-corrected chi connectivity index (χ1v) is 18.2. The third kappa shape index (κ3) is 5.71. The van der Waals surface area contributed by atoms with Gasteiger partial charge in [-0.15, -0.1) is 0 Å². The van der Waals surface area contributed by atoms with Crippen LogP contribution in [0.2, 0.25) is 0 Å². The normalized spacial score (nSPS) is 16.5. The van der Waals surface area contributed by atoms with Gasteiger partial charge in [-0.05, 0) is 94.1 Å². The lowest BCUT2D eigenvalue weighted by Crippen LogP contribution is -2.09. The van der Waals surface area contributed by atoms with Crippen molar-refractivity contribution in [3.63, 3.8) is 0 Å². The zero-order chi connectivity index (χ0) is 33.4. The number of nitrogens with one attached hydrogen (secondary N) is 1. The molecule has 5 aromatic carbocycles. The second kappa shape index (κ2) is 13.1. The second-order valence-electron chi connectivity index (χ2n) is 12.9. The number of nitrogens with zero attached hydrogens (tertiary/aromatic N) is 3. The van der Waals surface area contributed by atoms with Crippen molar-refractivity contribution in [2.75, 3.05) is 5.32 Å². The van der Waals surface area contributed by atoms with Gasteiger partial charge < -0.3 is 5.32 Å². The molecule has 0 saturated heterocycles. The molecule has 1 atom stereocenters. The summed E-state index contributed by atoms with van der Waals surface area (Å²) in [7, 11) is 0. The molecule has 5 heteroatoms. The number of allylic oxidation sites excluding steroid dienone is 7. The van der Waals surface area contributed by atoms with E-state index in [4.69, 9.17) is 9.98 Å². The minimum atomic E-state index is 0.385. The summed E-state index contributed by atoms with van der Waals surface area (Å²) in [5.41, 5.74) is 10.2. The Morgan fingerprint density at radius 3 is 2.06 bits per heavy atom. The highest BCUT2D eigenvalue weighted by Gasteiger charge is 2.21. The van der Waals surface area contributed by atoms with Gasteiger partial charge >= 0.3 is 0 Å². The smallest absolute Gasteiger partial charge is 0.127 e. The van der Waals surface area contributed by atoms with Crippen molar-refractivity contribution in [3.05, 3.63) is 174 Å². The Morgan fingerprint density at radius 2 is 1.40 bits per heavy atom. The SMILES string of the molecule is IC(=Nc1ccccc1NC1=CCC(C2=CC=C(c3c4ccc5ccccc5c4nc4c3ccc3ccccc34)CC2)C=C1)c1ccccn1. The molecule has 2 aliphatic rings. The largest absolute Gasteiger partial charge is 0.354 e. The number of halogens is 1. The number of aliphatic imine (C=N–C) groups is 1. The highest BCUT2D eigenvalue weighted by atomic mass is 127. The second-order valence-corrected chi connectivity index (χ2v) is 13.9. The Labute approximate surface area is 304 Å². The average Bonchev–Trinajstić information content (AvgIpc) is 3.18. The van der Waals surface area contributed by atoms with E-state index < -0.39 is 0 Å². The van der Waals surface area contributed by atoms with Gasteiger partial charge in [0.05, 0.1) is 28.1 Å². The van der Waals surface area contributed by atoms with Gasteiger partial charge in [0.1, 0.15) is 3.72 Å². The molecule has 2 aromatic heterocycles. The van der Waals surface area contributed by atoms with Gasteiger partial charge in [0.2, 0.25) is 0 Å². The van der Waals surface area contributed by atoms with Crippen molar-refractivity contribution in [2.45, 2.75) is 19.3 Å². The van der Waals surface area contributed by atoms with E-state index in [0.717, 1.165) is 56.8 Å². The number of fused-ring (bicyclic) bond motifs is 6. The molecular weight excluding hydrogens is 723 g/mol. The minimum absolute atomic E-state index is 0.385. The molecule has 7 aromatic rings. The van der Waals surface area contributed by atoms with E-state index in [0.29, 0.717) is 5.92 Å². The van der Waals surface area contributed by atoms with Crippen molar-refractivity contribution >= 4 is 86.6 Å². The van der Waals surface area contributed by atoms with E-state index in [1.807, 2.05) is 36.4 Å². The third-order valence-corrected chi connectivity index (χ3v) is 10.7. The van der Waals surface area contributed by atoms with Crippen LogP contribution < -0.4 is 5.32 Å². The van der Waals surface area contributed by atoms with Crippen LogP contribution in [0.4, 0.5) is 11.4 Å². The summed E-state index contributed by atoms with van der Waals surface area (Å²) in [4.78, 5) is 14.7. The number of benzene rings is 5. The van der Waals surface area contributed by atoms with Crippen LogP contribution >= 0.6 is 22.6 Å². The van der Waals surface area contributed by atoms with Crippen LogP contribution in [-0.4, -0.2) is 13.7 Å². The summed E-state index contributed by atoms with van der Waals surface area (Å²) < 4.78 is 0.858. The molecule has 2 heterocycles. The minimum Gasteiger partial charge on any atom is -0.354 e. The standard InChI is InChI=1S/C45H33IN4/c46-45(41-15-7-8-28-47-41)49-40-14-6-5-13-39(40)48-34-24-20-30(21-25-34)29-16-18-33(19-17-29)42-37-26-22-31-9-1-3-11-35(31)43(37)50-44-36-12-4-2-10-32(36)23-27-38(42)44/h1-16,18,20,22-28,30,48H,17,19,21H2. The van der Waals surface area contributed by atoms with E-state index in [-0.39, 0.29) is 0 Å². The molecular formula is C45H33IN4. The zero-order valence-electron chi connectivity index (χ0n) is 27.4. The molecule has 0 bridgehead atoms. The summed E-state index contributed by atoms with van der Waals surface area (Å²) in [6, 6.07) is 40.4. The Bertz CT molecular complexity index is 2520. The van der Waals surface area contributed by atoms with Crippen LogP contribution in [-0.2, 0) is 0 Å². The van der Waals surface area contributed by atoms with Crippen LogP contribution in [0.1, 0.15) is 30.5 Å². The van der Waals surface area contributed by atoms with E-state index in [1.54, 1.807) is 6.20 Å². The van der Waals surface area contributed by atoms with Crippen molar-refractivity contribution < 1.29 is 0 Å². The predicted molar refractivity (Wildman–Crippen MR) is 219 cm³/mol. The Morgan fingerprint density at radius 1 is 0.700 bits per heavy atom. The molecule has 50 heavy (non-hydrogen) atoms. The van der Waals surface area contributed by atoms with Crippen LogP contribution in [0.5, 0.6) is 0 Å². The molecule has 0 radical (unpaired) electrons. The van der Waals surface area contributed by atoms with Gasteiger partial charge in [0, 0.05) is 39.4 Å². The molecule has 0 aliphatic heterocycles. The average molecular weight is 757 g/mol. The Kier molecular flexibility index (Phi) is 8.05. The highest BCUT2D eigenvalue weighted by molar-refractivity contribution is 14.1. The third-order valence-electron chi connectivity index (χ3n) is 9.92. The molecule has 0 saturated carbocycles. The molecule has 2 aliphatic carbocycles. The van der Waals surface area contributed by atoms with E-state index >= 15 is 0 Å². The number of hydrogen-bond acceptors (Lipinski definition) is 4. The van der Waals surface area contributed by atoms with Crippen molar-refractivity contribution in [1.29, 1.82) is 0 Å². The van der Waals surface area contributed by atoms with Crippen molar-refractivity contribution in [1.82, 2.24) is 9.97 Å². The van der Waals surface area contributed by atoms with E-state index in [1.165, 1.54) is 49.0 Å². The van der Waals surface area contributed by atoms with Crippen molar-refractivity contribution in [2.24, 2.45) is 10.9 Å². The summed E-state index contributed by atoms with van der Waals surface area (Å²) in [5, 5.41) is 10.9. The molecule has 0 amide bonds. The molecule has 4 nitrogen and oxygen atoms in total. The number of hydrogen-bond donors (Lipinski definition) is 1. The number of pyridine rings is 2. The maximum Gasteiger partial charge on any atom is 0.127 e. The summed E-state index contributed by atoms with van der Waals surface area (Å²) in [5.74, 6) is 0.385.